The summed E-state index contributed by atoms with van der Waals surface area (Å²) in [6.07, 6.45) is 4.98. The molecule has 4 nitrogen and oxygen atoms in total. The number of benzene rings is 1. The van der Waals surface area contributed by atoms with E-state index in [4.69, 9.17) is 17.3 Å². The predicted molar refractivity (Wildman–Crippen MR) is 83.5 cm³/mol. The van der Waals surface area contributed by atoms with E-state index in [1.807, 2.05) is 0 Å². The van der Waals surface area contributed by atoms with Crippen molar-refractivity contribution in [2.24, 2.45) is 23.5 Å². The first kappa shape index (κ1) is 15.3. The Morgan fingerprint density at radius 3 is 2.33 bits per heavy atom. The molecule has 21 heavy (non-hydrogen) atoms. The number of rotatable bonds is 7. The van der Waals surface area contributed by atoms with Crippen molar-refractivity contribution in [3.63, 3.8) is 0 Å². The molecule has 2 fully saturated rings. The molecule has 3 N–H and O–H groups in total. The van der Waals surface area contributed by atoms with Gasteiger partial charge in [0.15, 0.2) is 0 Å². The van der Waals surface area contributed by atoms with Crippen LogP contribution in [0.25, 0.3) is 0 Å². The van der Waals surface area contributed by atoms with E-state index in [1.54, 1.807) is 12.1 Å². The number of hydrogen-bond acceptors (Lipinski definition) is 3. The van der Waals surface area contributed by atoms with Gasteiger partial charge in [-0.3, -0.25) is 0 Å². The summed E-state index contributed by atoms with van der Waals surface area (Å²) in [5.41, 5.74) is 6.36. The van der Waals surface area contributed by atoms with Crippen LogP contribution in [0.5, 0.6) is 0 Å². The van der Waals surface area contributed by atoms with Gasteiger partial charge in [-0.2, -0.15) is 0 Å². The van der Waals surface area contributed by atoms with Crippen molar-refractivity contribution in [2.45, 2.75) is 37.1 Å². The lowest BCUT2D eigenvalue weighted by molar-refractivity contribution is 0.401. The summed E-state index contributed by atoms with van der Waals surface area (Å²) < 4.78 is 27.6. The van der Waals surface area contributed by atoms with Gasteiger partial charge < -0.3 is 5.73 Å². The Balaban J connectivity index is 1.71. The fraction of sp³-hybridized carbons (Fsp3) is 0.600. The van der Waals surface area contributed by atoms with Gasteiger partial charge in [0.2, 0.25) is 10.0 Å². The first-order valence-corrected chi connectivity index (χ1v) is 9.35. The third kappa shape index (κ3) is 3.59. The van der Waals surface area contributed by atoms with Crippen molar-refractivity contribution in [3.05, 3.63) is 28.8 Å². The number of nitrogens with one attached hydrogen (secondary N) is 1. The lowest BCUT2D eigenvalue weighted by Gasteiger charge is -2.17. The molecular weight excluding hydrogens is 308 g/mol. The molecule has 0 radical (unpaired) electrons. The maximum absolute atomic E-state index is 12.4. The summed E-state index contributed by atoms with van der Waals surface area (Å²) in [6.45, 7) is 0.881. The van der Waals surface area contributed by atoms with E-state index in [-0.39, 0.29) is 9.92 Å². The molecule has 2 saturated carbocycles. The Morgan fingerprint density at radius 1 is 1.24 bits per heavy atom. The standard InChI is InChI=1S/C15H21ClN2O2S/c16-14-7-10(8-17)1-6-15(14)21(19,20)18-9-13(11-2-3-11)12-4-5-12/h1,6-7,11-13,18H,2-5,8-9,17H2. The Bertz CT molecular complexity index is 613. The minimum absolute atomic E-state index is 0.145. The monoisotopic (exact) mass is 328 g/mol. The van der Waals surface area contributed by atoms with Gasteiger partial charge in [-0.05, 0) is 61.1 Å². The minimum atomic E-state index is -3.55. The second-order valence-electron chi connectivity index (χ2n) is 6.16. The van der Waals surface area contributed by atoms with E-state index in [0.717, 1.165) is 17.4 Å². The maximum atomic E-state index is 12.4. The molecule has 3 rings (SSSR count). The summed E-state index contributed by atoms with van der Waals surface area (Å²) in [5.74, 6) is 1.94. The van der Waals surface area contributed by atoms with Crippen molar-refractivity contribution >= 4 is 21.6 Å². The van der Waals surface area contributed by atoms with Gasteiger partial charge in [-0.15, -0.1) is 0 Å². The highest BCUT2D eigenvalue weighted by molar-refractivity contribution is 7.89. The van der Waals surface area contributed by atoms with Crippen molar-refractivity contribution in [2.75, 3.05) is 6.54 Å². The second kappa shape index (κ2) is 5.88. The topological polar surface area (TPSA) is 72.2 Å². The van der Waals surface area contributed by atoms with Gasteiger partial charge in [0.25, 0.3) is 0 Å². The summed E-state index contributed by atoms with van der Waals surface area (Å²) in [7, 11) is -3.55. The molecule has 2 aliphatic carbocycles. The van der Waals surface area contributed by atoms with Gasteiger partial charge in [-0.1, -0.05) is 17.7 Å². The van der Waals surface area contributed by atoms with Gasteiger partial charge in [0.05, 0.1) is 5.02 Å². The van der Waals surface area contributed by atoms with Crippen molar-refractivity contribution in [1.29, 1.82) is 0 Å². The predicted octanol–water partition coefficient (Wildman–Crippen LogP) is 2.51. The molecule has 0 spiro atoms. The summed E-state index contributed by atoms with van der Waals surface area (Å²) in [5, 5.41) is 0.236. The first-order valence-electron chi connectivity index (χ1n) is 7.49. The van der Waals surface area contributed by atoms with Crippen LogP contribution < -0.4 is 10.5 Å². The molecule has 0 aromatic heterocycles. The minimum Gasteiger partial charge on any atom is -0.326 e. The highest BCUT2D eigenvalue weighted by Gasteiger charge is 2.41. The van der Waals surface area contributed by atoms with E-state index in [1.165, 1.54) is 31.7 Å². The maximum Gasteiger partial charge on any atom is 0.242 e. The molecule has 116 valence electrons. The van der Waals surface area contributed by atoms with Crippen molar-refractivity contribution in [1.82, 2.24) is 4.72 Å². The number of halogens is 1. The molecular formula is C15H21ClN2O2S. The average molecular weight is 329 g/mol. The Kier molecular flexibility index (Phi) is 4.28. The Hall–Kier alpha value is -0.620. The fourth-order valence-corrected chi connectivity index (χ4v) is 4.58. The number of sulfonamides is 1. The van der Waals surface area contributed by atoms with Gasteiger partial charge in [0, 0.05) is 13.1 Å². The van der Waals surface area contributed by atoms with Gasteiger partial charge in [0.1, 0.15) is 4.90 Å². The molecule has 0 amide bonds. The van der Waals surface area contributed by atoms with Crippen LogP contribution in [0.15, 0.2) is 23.1 Å². The number of hydrogen-bond donors (Lipinski definition) is 2. The Labute approximate surface area is 131 Å². The van der Waals surface area contributed by atoms with Crippen molar-refractivity contribution < 1.29 is 8.42 Å². The van der Waals surface area contributed by atoms with Crippen LogP contribution in [0.3, 0.4) is 0 Å². The Morgan fingerprint density at radius 2 is 1.86 bits per heavy atom. The van der Waals surface area contributed by atoms with Crippen LogP contribution in [0.1, 0.15) is 31.2 Å². The zero-order valence-corrected chi connectivity index (χ0v) is 13.5. The van der Waals surface area contributed by atoms with Crippen LogP contribution in [0.2, 0.25) is 5.02 Å². The van der Waals surface area contributed by atoms with Crippen LogP contribution in [0, 0.1) is 17.8 Å². The lowest BCUT2D eigenvalue weighted by atomic mass is 9.99. The summed E-state index contributed by atoms with van der Waals surface area (Å²) in [6, 6.07) is 4.87. The molecule has 1 aromatic rings. The van der Waals surface area contributed by atoms with Crippen LogP contribution >= 0.6 is 11.6 Å². The molecule has 0 unspecified atom stereocenters. The number of nitrogens with two attached hydrogens (primary N) is 1. The second-order valence-corrected chi connectivity index (χ2v) is 8.30. The molecule has 6 heteroatoms. The zero-order chi connectivity index (χ0) is 15.0. The molecule has 0 aliphatic heterocycles. The van der Waals surface area contributed by atoms with E-state index in [0.29, 0.717) is 19.0 Å². The highest BCUT2D eigenvalue weighted by atomic mass is 35.5. The van der Waals surface area contributed by atoms with Crippen LogP contribution in [-0.2, 0) is 16.6 Å². The molecule has 0 saturated heterocycles. The normalized spacial score (nSPS) is 19.2. The zero-order valence-electron chi connectivity index (χ0n) is 11.9. The van der Waals surface area contributed by atoms with Crippen LogP contribution in [0.4, 0.5) is 0 Å². The van der Waals surface area contributed by atoms with Crippen LogP contribution in [-0.4, -0.2) is 15.0 Å². The fourth-order valence-electron chi connectivity index (χ4n) is 2.94. The first-order chi connectivity index (χ1) is 10.0. The largest absolute Gasteiger partial charge is 0.326 e. The molecule has 1 aromatic carbocycles. The summed E-state index contributed by atoms with van der Waals surface area (Å²) in [4.78, 5) is 0.145. The third-order valence-electron chi connectivity index (χ3n) is 4.49. The highest BCUT2D eigenvalue weighted by Crippen LogP contribution is 2.48. The lowest BCUT2D eigenvalue weighted by Crippen LogP contribution is -2.31. The molecule has 0 heterocycles. The average Bonchev–Trinajstić information content (AvgIpc) is 3.31. The van der Waals surface area contributed by atoms with E-state index >= 15 is 0 Å². The smallest absolute Gasteiger partial charge is 0.242 e. The van der Waals surface area contributed by atoms with Crippen molar-refractivity contribution in [3.8, 4) is 0 Å². The summed E-state index contributed by atoms with van der Waals surface area (Å²) >= 11 is 6.08. The quantitative estimate of drug-likeness (QED) is 0.807. The van der Waals surface area contributed by atoms with E-state index < -0.39 is 10.0 Å². The molecule has 0 atom stereocenters. The molecule has 2 aliphatic rings. The SMILES string of the molecule is NCc1ccc(S(=O)(=O)NCC(C2CC2)C2CC2)c(Cl)c1. The third-order valence-corrected chi connectivity index (χ3v) is 6.39. The van der Waals surface area contributed by atoms with E-state index in [9.17, 15) is 8.42 Å². The van der Waals surface area contributed by atoms with E-state index in [2.05, 4.69) is 4.72 Å². The molecule has 0 bridgehead atoms. The van der Waals surface area contributed by atoms with Gasteiger partial charge >= 0.3 is 0 Å². The van der Waals surface area contributed by atoms with Gasteiger partial charge in [-0.25, -0.2) is 13.1 Å².